The first-order valence-electron chi connectivity index (χ1n) is 19.9. The number of nitrogens with one attached hydrogen (secondary N) is 4. The number of carbonyl (C=O) groups excluding carboxylic acids is 2. The number of amides is 2. The van der Waals surface area contributed by atoms with Crippen LogP contribution in [0.15, 0.2) is 76.9 Å². The summed E-state index contributed by atoms with van der Waals surface area (Å²) in [6.07, 6.45) is 0.205. The number of phenols is 1. The number of piperidine rings is 1. The highest BCUT2D eigenvalue weighted by Gasteiger charge is 2.40. The van der Waals surface area contributed by atoms with Gasteiger partial charge in [0.2, 0.25) is 11.5 Å². The third-order valence-electron chi connectivity index (χ3n) is 11.3. The number of rotatable bonds is 15. The third kappa shape index (κ3) is 10.9. The first-order valence-corrected chi connectivity index (χ1v) is 24.1. The van der Waals surface area contributed by atoms with Crippen LogP contribution in [0.4, 0.5) is 20.6 Å². The highest BCUT2D eigenvalue weighted by Crippen LogP contribution is 2.41. The number of aromatic amines is 1. The Balaban J connectivity index is 1.00. The molecule has 3 aromatic carbocycles. The second-order valence-corrected chi connectivity index (χ2v) is 22.5. The van der Waals surface area contributed by atoms with Gasteiger partial charge < -0.3 is 39.5 Å². The van der Waals surface area contributed by atoms with Gasteiger partial charge in [-0.15, -0.1) is 11.3 Å². The van der Waals surface area contributed by atoms with Crippen molar-refractivity contribution in [3.05, 3.63) is 104 Å². The number of benzene rings is 3. The molecule has 1 aliphatic heterocycles. The molecule has 1 saturated heterocycles. The second-order valence-electron chi connectivity index (χ2n) is 16.4. The zero-order chi connectivity index (χ0) is 43.2. The predicted molar refractivity (Wildman–Crippen MR) is 239 cm³/mol. The van der Waals surface area contributed by atoms with Gasteiger partial charge in [0.25, 0.3) is 0 Å². The van der Waals surface area contributed by atoms with E-state index in [1.54, 1.807) is 61.0 Å². The van der Waals surface area contributed by atoms with Gasteiger partial charge in [-0.25, -0.2) is 9.18 Å². The molecule has 0 radical (unpaired) electrons. The van der Waals surface area contributed by atoms with Gasteiger partial charge in [-0.05, 0) is 72.2 Å². The number of fused-ring (bicyclic) bond motifs is 1. The zero-order valence-corrected chi connectivity index (χ0v) is 37.3. The highest BCUT2D eigenvalue weighted by molar-refractivity contribution is 7.14. The molecule has 16 heteroatoms. The van der Waals surface area contributed by atoms with E-state index >= 15 is 0 Å². The number of ether oxygens (including phenoxy) is 2. The predicted octanol–water partition coefficient (Wildman–Crippen LogP) is 9.66. The van der Waals surface area contributed by atoms with Crippen molar-refractivity contribution in [2.24, 2.45) is 0 Å². The topological polar surface area (TPSA) is 154 Å². The van der Waals surface area contributed by atoms with Crippen LogP contribution in [0.1, 0.15) is 57.3 Å². The molecular weight excluding hydrogens is 825 g/mol. The van der Waals surface area contributed by atoms with Crippen molar-refractivity contribution in [2.75, 3.05) is 43.9 Å². The summed E-state index contributed by atoms with van der Waals surface area (Å²) in [6.45, 7) is 13.5. The Morgan fingerprint density at radius 1 is 1.05 bits per heavy atom. The average Bonchev–Trinajstić information content (AvgIpc) is 3.65. The van der Waals surface area contributed by atoms with Crippen LogP contribution < -0.4 is 26.2 Å². The lowest BCUT2D eigenvalue weighted by Crippen LogP contribution is -2.43. The van der Waals surface area contributed by atoms with Crippen molar-refractivity contribution in [1.29, 1.82) is 0 Å². The monoisotopic (exact) mass is 877 g/mol. The lowest BCUT2D eigenvalue weighted by Gasteiger charge is -2.39. The number of hydrogen-bond acceptors (Lipinski definition) is 10. The van der Waals surface area contributed by atoms with Gasteiger partial charge in [-0.3, -0.25) is 14.9 Å². The number of aromatic nitrogens is 1. The number of pyridine rings is 1. The van der Waals surface area contributed by atoms with E-state index in [1.165, 1.54) is 23.5 Å². The highest BCUT2D eigenvalue weighted by atomic mass is 35.5. The summed E-state index contributed by atoms with van der Waals surface area (Å²) >= 11 is 8.06. The van der Waals surface area contributed by atoms with Crippen molar-refractivity contribution >= 4 is 65.5 Å². The average molecular weight is 879 g/mol. The number of nitrogens with zero attached hydrogens (tertiary/aromatic N) is 1. The molecule has 3 heterocycles. The van der Waals surface area contributed by atoms with E-state index in [9.17, 15) is 23.9 Å². The van der Waals surface area contributed by atoms with Gasteiger partial charge in [-0.2, -0.15) is 0 Å². The fourth-order valence-electron chi connectivity index (χ4n) is 6.92. The van der Waals surface area contributed by atoms with E-state index in [2.05, 4.69) is 59.7 Å². The molecule has 1 fully saturated rings. The number of carbonyl (C=O) groups is 2. The van der Waals surface area contributed by atoms with E-state index in [4.69, 9.17) is 25.5 Å². The van der Waals surface area contributed by atoms with Crippen molar-refractivity contribution in [3.63, 3.8) is 0 Å². The molecular formula is C44H53ClFN5O7SSi. The fraction of sp³-hybridized carbons (Fsp3) is 0.386. The molecule has 5 aromatic rings. The van der Waals surface area contributed by atoms with Gasteiger partial charge in [0.05, 0.1) is 40.0 Å². The molecule has 5 N–H and O–H groups in total. The first-order chi connectivity index (χ1) is 28.5. The minimum absolute atomic E-state index is 0.0139. The summed E-state index contributed by atoms with van der Waals surface area (Å²) in [5.74, 6) is -0.0259. The van der Waals surface area contributed by atoms with Crippen LogP contribution in [-0.2, 0) is 20.5 Å². The summed E-state index contributed by atoms with van der Waals surface area (Å²) < 4.78 is 32.7. The van der Waals surface area contributed by atoms with Crippen molar-refractivity contribution < 1.29 is 33.0 Å². The van der Waals surface area contributed by atoms with Crippen LogP contribution in [-0.4, -0.2) is 74.7 Å². The SMILES string of the molecule is COc1cc(NC(=O)CCN2CCC(OC(=O)Nc3ccsc3-c3ccccc3F)CC2)c(Cl)cc1CNC[C@@H](O[Si](C)(C)C(C)(C)C)c1ccc(O)c2[nH]c(=O)ccc12. The van der Waals surface area contributed by atoms with Crippen LogP contribution in [0.3, 0.4) is 0 Å². The van der Waals surface area contributed by atoms with Gasteiger partial charge in [-0.1, -0.05) is 56.6 Å². The lowest BCUT2D eigenvalue weighted by atomic mass is 10.0. The minimum atomic E-state index is -2.28. The molecule has 1 aliphatic rings. The number of likely N-dealkylation sites (tertiary alicyclic amines) is 1. The zero-order valence-electron chi connectivity index (χ0n) is 34.7. The van der Waals surface area contributed by atoms with Gasteiger partial charge >= 0.3 is 6.09 Å². The van der Waals surface area contributed by atoms with Crippen LogP contribution in [0.25, 0.3) is 21.3 Å². The maximum atomic E-state index is 14.4. The number of halogens is 2. The van der Waals surface area contributed by atoms with E-state index in [1.807, 2.05) is 6.07 Å². The Labute approximate surface area is 359 Å². The molecule has 1 atom stereocenters. The molecule has 12 nitrogen and oxygen atoms in total. The molecule has 2 aromatic heterocycles. The van der Waals surface area contributed by atoms with Crippen molar-refractivity contribution in [3.8, 4) is 21.9 Å². The summed E-state index contributed by atoms with van der Waals surface area (Å²) in [5.41, 5.74) is 3.04. The number of thiophene rings is 1. The van der Waals surface area contributed by atoms with Crippen molar-refractivity contribution in [2.45, 2.75) is 76.9 Å². The van der Waals surface area contributed by atoms with Crippen LogP contribution >= 0.6 is 22.9 Å². The van der Waals surface area contributed by atoms with E-state index in [-0.39, 0.29) is 40.6 Å². The number of methoxy groups -OCH3 is 1. The third-order valence-corrected chi connectivity index (χ3v) is 17.0. The Morgan fingerprint density at radius 2 is 1.80 bits per heavy atom. The molecule has 2 amide bonds. The number of phenolic OH excluding ortho intramolecular Hbond substituents is 1. The summed E-state index contributed by atoms with van der Waals surface area (Å²) in [4.78, 5) is 43.5. The molecule has 0 saturated carbocycles. The van der Waals surface area contributed by atoms with Crippen LogP contribution in [0.5, 0.6) is 11.5 Å². The molecule has 0 aliphatic carbocycles. The maximum Gasteiger partial charge on any atom is 0.411 e. The fourth-order valence-corrected chi connectivity index (χ4v) is 9.31. The molecule has 320 valence electrons. The molecule has 0 unspecified atom stereocenters. The standard InChI is InChI=1S/C44H53ClFN5O7SSi/c1-44(2,3)60(5,6)58-38(29-11-13-36(52)41-30(29)12-14-39(53)50-41)26-47-25-27-23-32(45)35(24-37(27)56-4)48-40(54)17-21-51-19-15-28(16-20-51)57-43(55)49-34-18-22-59-42(34)31-9-7-8-10-33(31)46/h7-14,18,22-24,28,38,47,52H,15-17,19-21,25-26H2,1-6H3,(H,48,54)(H,49,55)(H,50,53)/t38-/m1/s1. The number of anilines is 2. The number of H-pyrrole nitrogens is 1. The van der Waals surface area contributed by atoms with Crippen LogP contribution in [0, 0.1) is 5.82 Å². The Kier molecular flexibility index (Phi) is 14.4. The quantitative estimate of drug-likeness (QED) is 0.0647. The smallest absolute Gasteiger partial charge is 0.411 e. The lowest BCUT2D eigenvalue weighted by molar-refractivity contribution is -0.116. The Bertz CT molecular complexity index is 2380. The van der Waals surface area contributed by atoms with Gasteiger partial charge in [0.15, 0.2) is 8.32 Å². The molecule has 0 bridgehead atoms. The van der Waals surface area contributed by atoms with Crippen molar-refractivity contribution in [1.82, 2.24) is 15.2 Å². The second kappa shape index (κ2) is 19.3. The van der Waals surface area contributed by atoms with Crippen LogP contribution in [0.2, 0.25) is 23.2 Å². The normalized spacial score (nSPS) is 14.5. The Hall–Kier alpha value is -4.77. The summed E-state index contributed by atoms with van der Waals surface area (Å²) in [6, 6.07) is 18.2. The summed E-state index contributed by atoms with van der Waals surface area (Å²) in [7, 11) is -0.721. The first kappa shape index (κ1) is 44.8. The number of hydrogen-bond donors (Lipinski definition) is 5. The van der Waals surface area contributed by atoms with E-state index < -0.39 is 20.5 Å². The molecule has 6 rings (SSSR count). The molecule has 0 spiro atoms. The largest absolute Gasteiger partial charge is 0.506 e. The summed E-state index contributed by atoms with van der Waals surface area (Å²) in [5, 5.41) is 22.5. The van der Waals surface area contributed by atoms with E-state index in [0.29, 0.717) is 89.1 Å². The van der Waals surface area contributed by atoms with Gasteiger partial charge in [0, 0.05) is 67.8 Å². The van der Waals surface area contributed by atoms with Gasteiger partial charge in [0.1, 0.15) is 23.4 Å². The maximum absolute atomic E-state index is 14.4. The molecule has 60 heavy (non-hydrogen) atoms. The Morgan fingerprint density at radius 3 is 2.52 bits per heavy atom. The number of aromatic hydroxyl groups is 1. The van der Waals surface area contributed by atoms with E-state index in [0.717, 1.165) is 11.1 Å². The minimum Gasteiger partial charge on any atom is -0.506 e.